The van der Waals surface area contributed by atoms with Gasteiger partial charge < -0.3 is 15.1 Å². The van der Waals surface area contributed by atoms with E-state index in [9.17, 15) is 9.59 Å². The number of piperazine rings is 1. The molecule has 1 aliphatic rings. The number of carbonyl (C=O) groups is 2. The van der Waals surface area contributed by atoms with Crippen LogP contribution in [-0.2, 0) is 11.3 Å². The molecule has 2 rings (SSSR count). The predicted molar refractivity (Wildman–Crippen MR) is 84.2 cm³/mol. The number of rotatable bonds is 5. The smallest absolute Gasteiger partial charge is 0.318 e. The van der Waals surface area contributed by atoms with Gasteiger partial charge in [-0.05, 0) is 17.9 Å². The molecule has 0 aliphatic carbocycles. The van der Waals surface area contributed by atoms with Crippen molar-refractivity contribution in [1.29, 1.82) is 0 Å². The van der Waals surface area contributed by atoms with Crippen LogP contribution in [0.4, 0.5) is 4.79 Å². The first-order valence-electron chi connectivity index (χ1n) is 7.45. The van der Waals surface area contributed by atoms with E-state index in [2.05, 4.69) is 12.2 Å². The minimum Gasteiger partial charge on any atom is -0.342 e. The largest absolute Gasteiger partial charge is 0.342 e. The Balaban J connectivity index is 1.97. The fraction of sp³-hybridized carbons (Fsp3) is 0.600. The van der Waals surface area contributed by atoms with E-state index in [1.165, 1.54) is 0 Å². The van der Waals surface area contributed by atoms with E-state index in [0.29, 0.717) is 19.6 Å². The molecular formula is C15H23N3O2S. The zero-order chi connectivity index (χ0) is 15.2. The molecule has 0 bridgehead atoms. The minimum absolute atomic E-state index is 0.0565. The van der Waals surface area contributed by atoms with E-state index < -0.39 is 0 Å². The summed E-state index contributed by atoms with van der Waals surface area (Å²) in [5.74, 6) is 0.0565. The molecule has 0 aromatic carbocycles. The van der Waals surface area contributed by atoms with E-state index in [1.807, 2.05) is 24.6 Å². The van der Waals surface area contributed by atoms with Crippen LogP contribution < -0.4 is 5.32 Å². The molecule has 116 valence electrons. The molecule has 5 nitrogen and oxygen atoms in total. The summed E-state index contributed by atoms with van der Waals surface area (Å²) in [4.78, 5) is 29.2. The van der Waals surface area contributed by atoms with Crippen molar-refractivity contribution in [1.82, 2.24) is 15.1 Å². The fourth-order valence-corrected chi connectivity index (χ4v) is 3.15. The molecule has 0 saturated carbocycles. The summed E-state index contributed by atoms with van der Waals surface area (Å²) in [6, 6.07) is 3.52. The van der Waals surface area contributed by atoms with Gasteiger partial charge in [0.15, 0.2) is 0 Å². The number of carbonyl (C=O) groups excluding carboxylic acids is 2. The third kappa shape index (κ3) is 3.97. The van der Waals surface area contributed by atoms with E-state index in [1.54, 1.807) is 21.1 Å². The van der Waals surface area contributed by atoms with Crippen molar-refractivity contribution in [3.63, 3.8) is 0 Å². The predicted octanol–water partition coefficient (Wildman–Crippen LogP) is 2.29. The summed E-state index contributed by atoms with van der Waals surface area (Å²) >= 11 is 1.62. The van der Waals surface area contributed by atoms with Gasteiger partial charge in [0.25, 0.3) is 0 Å². The number of amides is 3. The lowest BCUT2D eigenvalue weighted by Crippen LogP contribution is -2.59. The number of hydrogen-bond acceptors (Lipinski definition) is 3. The van der Waals surface area contributed by atoms with Crippen LogP contribution >= 0.6 is 11.3 Å². The van der Waals surface area contributed by atoms with Crippen LogP contribution in [0.25, 0.3) is 0 Å². The average molecular weight is 309 g/mol. The van der Waals surface area contributed by atoms with Crippen molar-refractivity contribution in [2.24, 2.45) is 0 Å². The van der Waals surface area contributed by atoms with Crippen LogP contribution in [0, 0.1) is 0 Å². The molecule has 1 N–H and O–H groups in total. The van der Waals surface area contributed by atoms with Crippen molar-refractivity contribution in [3.8, 4) is 0 Å². The van der Waals surface area contributed by atoms with Crippen molar-refractivity contribution in [2.75, 3.05) is 20.1 Å². The lowest BCUT2D eigenvalue weighted by atomic mass is 10.0. The van der Waals surface area contributed by atoms with Gasteiger partial charge in [-0.2, -0.15) is 0 Å². The zero-order valence-electron chi connectivity index (χ0n) is 12.7. The first-order chi connectivity index (χ1) is 10.1. The molecule has 2 heterocycles. The Hall–Kier alpha value is -1.56. The SMILES string of the molecule is CCCCC1C(=O)N(C)CCN1C(=O)NCc1cccs1. The molecule has 1 aromatic heterocycles. The topological polar surface area (TPSA) is 52.7 Å². The number of thiophene rings is 1. The van der Waals surface area contributed by atoms with Crippen LogP contribution in [0.3, 0.4) is 0 Å². The minimum atomic E-state index is -0.313. The average Bonchev–Trinajstić information content (AvgIpc) is 2.99. The first-order valence-corrected chi connectivity index (χ1v) is 8.33. The Morgan fingerprint density at radius 3 is 2.95 bits per heavy atom. The highest BCUT2D eigenvalue weighted by atomic mass is 32.1. The summed E-state index contributed by atoms with van der Waals surface area (Å²) in [5, 5.41) is 4.91. The number of hydrogen-bond donors (Lipinski definition) is 1. The van der Waals surface area contributed by atoms with Crippen molar-refractivity contribution < 1.29 is 9.59 Å². The van der Waals surface area contributed by atoms with Crippen molar-refractivity contribution in [3.05, 3.63) is 22.4 Å². The maximum Gasteiger partial charge on any atom is 0.318 e. The number of likely N-dealkylation sites (N-methyl/N-ethyl adjacent to an activating group) is 1. The van der Waals surface area contributed by atoms with Crippen LogP contribution in [0.15, 0.2) is 17.5 Å². The summed E-state index contributed by atoms with van der Waals surface area (Å²) in [7, 11) is 1.81. The number of unbranched alkanes of at least 4 members (excludes halogenated alkanes) is 1. The van der Waals surface area contributed by atoms with Crippen LogP contribution in [-0.4, -0.2) is 47.9 Å². The number of urea groups is 1. The lowest BCUT2D eigenvalue weighted by molar-refractivity contribution is -0.138. The Labute approximate surface area is 129 Å². The lowest BCUT2D eigenvalue weighted by Gasteiger charge is -2.39. The molecular weight excluding hydrogens is 286 g/mol. The van der Waals surface area contributed by atoms with Gasteiger partial charge in [-0.15, -0.1) is 11.3 Å². The maximum absolute atomic E-state index is 12.4. The summed E-state index contributed by atoms with van der Waals surface area (Å²) in [6.45, 7) is 3.83. The second-order valence-corrected chi connectivity index (χ2v) is 6.38. The highest BCUT2D eigenvalue weighted by Crippen LogP contribution is 2.17. The maximum atomic E-state index is 12.4. The molecule has 3 amide bonds. The highest BCUT2D eigenvalue weighted by Gasteiger charge is 2.35. The summed E-state index contributed by atoms with van der Waals surface area (Å²) in [6.07, 6.45) is 2.73. The van der Waals surface area contributed by atoms with Crippen molar-refractivity contribution in [2.45, 2.75) is 38.8 Å². The third-order valence-electron chi connectivity index (χ3n) is 3.80. The standard InChI is InChI=1S/C15H23N3O2S/c1-3-4-7-13-14(19)17(2)8-9-18(13)15(20)16-11-12-6-5-10-21-12/h5-6,10,13H,3-4,7-9,11H2,1-2H3,(H,16,20). The molecule has 1 atom stereocenters. The van der Waals surface area contributed by atoms with Crippen LogP contribution in [0.1, 0.15) is 31.1 Å². The Kier molecular flexibility index (Phi) is 5.61. The molecule has 1 aliphatic heterocycles. The molecule has 0 radical (unpaired) electrons. The van der Waals surface area contributed by atoms with E-state index in [0.717, 1.165) is 24.1 Å². The second-order valence-electron chi connectivity index (χ2n) is 5.35. The molecule has 21 heavy (non-hydrogen) atoms. The molecule has 0 spiro atoms. The number of nitrogens with zero attached hydrogens (tertiary/aromatic N) is 2. The molecule has 6 heteroatoms. The first kappa shape index (κ1) is 15.8. The summed E-state index contributed by atoms with van der Waals surface area (Å²) in [5.41, 5.74) is 0. The van der Waals surface area contributed by atoms with E-state index in [-0.39, 0.29) is 18.0 Å². The highest BCUT2D eigenvalue weighted by molar-refractivity contribution is 7.09. The van der Waals surface area contributed by atoms with Crippen molar-refractivity contribution >= 4 is 23.3 Å². The monoisotopic (exact) mass is 309 g/mol. The molecule has 1 unspecified atom stereocenters. The van der Waals surface area contributed by atoms with Gasteiger partial charge in [-0.25, -0.2) is 4.79 Å². The van der Waals surface area contributed by atoms with E-state index >= 15 is 0 Å². The third-order valence-corrected chi connectivity index (χ3v) is 4.68. The normalized spacial score (nSPS) is 19.0. The van der Waals surface area contributed by atoms with Gasteiger partial charge in [0.2, 0.25) is 5.91 Å². The molecule has 1 aromatic rings. The van der Waals surface area contributed by atoms with Gasteiger partial charge in [-0.3, -0.25) is 4.79 Å². The Bertz CT molecular complexity index is 475. The van der Waals surface area contributed by atoms with Gasteiger partial charge in [0.1, 0.15) is 6.04 Å². The fourth-order valence-electron chi connectivity index (χ4n) is 2.51. The van der Waals surface area contributed by atoms with Gasteiger partial charge >= 0.3 is 6.03 Å². The quantitative estimate of drug-likeness (QED) is 0.907. The Morgan fingerprint density at radius 1 is 1.48 bits per heavy atom. The van der Waals surface area contributed by atoms with Crippen LogP contribution in [0.5, 0.6) is 0 Å². The van der Waals surface area contributed by atoms with Crippen LogP contribution in [0.2, 0.25) is 0 Å². The number of nitrogens with one attached hydrogen (secondary N) is 1. The van der Waals surface area contributed by atoms with Gasteiger partial charge in [-0.1, -0.05) is 25.8 Å². The Morgan fingerprint density at radius 2 is 2.29 bits per heavy atom. The van der Waals surface area contributed by atoms with E-state index in [4.69, 9.17) is 0 Å². The molecule has 1 fully saturated rings. The van der Waals surface area contributed by atoms with Gasteiger partial charge in [0, 0.05) is 25.0 Å². The van der Waals surface area contributed by atoms with Gasteiger partial charge in [0.05, 0.1) is 6.54 Å². The molecule has 1 saturated heterocycles. The summed E-state index contributed by atoms with van der Waals surface area (Å²) < 4.78 is 0. The zero-order valence-corrected chi connectivity index (χ0v) is 13.5. The second kappa shape index (κ2) is 7.45.